The second-order valence-electron chi connectivity index (χ2n) is 6.62. The molecule has 2 heterocycles. The molecule has 0 radical (unpaired) electrons. The Morgan fingerprint density at radius 3 is 2.63 bits per heavy atom. The van der Waals surface area contributed by atoms with Gasteiger partial charge in [0.2, 0.25) is 0 Å². The largest absolute Gasteiger partial charge is 0.496 e. The van der Waals surface area contributed by atoms with E-state index in [4.69, 9.17) is 25.6 Å². The summed E-state index contributed by atoms with van der Waals surface area (Å²) in [5, 5.41) is 4.81. The molecule has 0 aliphatic carbocycles. The van der Waals surface area contributed by atoms with Crippen LogP contribution in [0, 0.1) is 13.8 Å². The molecule has 0 unspecified atom stereocenters. The van der Waals surface area contributed by atoms with E-state index < -0.39 is 0 Å². The minimum Gasteiger partial charge on any atom is -0.496 e. The van der Waals surface area contributed by atoms with Crippen molar-refractivity contribution >= 4 is 17.3 Å². The fraction of sp³-hybridized carbons (Fsp3) is 0.286. The summed E-state index contributed by atoms with van der Waals surface area (Å²) in [5.41, 5.74) is 4.93. The zero-order valence-corrected chi connectivity index (χ0v) is 16.3. The van der Waals surface area contributed by atoms with Gasteiger partial charge in [0.1, 0.15) is 23.9 Å². The lowest BCUT2D eigenvalue weighted by Crippen LogP contribution is -2.32. The molecular formula is C21H21ClN2O3. The van der Waals surface area contributed by atoms with Gasteiger partial charge in [-0.25, -0.2) is 0 Å². The fourth-order valence-electron chi connectivity index (χ4n) is 3.50. The highest BCUT2D eigenvalue weighted by Gasteiger charge is 2.24. The molecule has 3 aromatic rings. The predicted octanol–water partition coefficient (Wildman–Crippen LogP) is 5.02. The Hall–Kier alpha value is -2.66. The first-order valence-corrected chi connectivity index (χ1v) is 9.22. The summed E-state index contributed by atoms with van der Waals surface area (Å²) in [5.74, 6) is 2.38. The third-order valence-corrected chi connectivity index (χ3v) is 5.08. The number of methoxy groups -OCH3 is 1. The molecule has 0 atom stereocenters. The summed E-state index contributed by atoms with van der Waals surface area (Å²) in [6.45, 7) is 6.05. The SMILES string of the molecule is COc1cc2c(cc1-c1c(C)noc1C)OCCN2Cc1ccc(Cl)cc1. The maximum Gasteiger partial charge on any atom is 0.143 e. The average molecular weight is 385 g/mol. The van der Waals surface area contributed by atoms with Gasteiger partial charge in [-0.15, -0.1) is 0 Å². The van der Waals surface area contributed by atoms with Crippen molar-refractivity contribution in [2.75, 3.05) is 25.2 Å². The van der Waals surface area contributed by atoms with E-state index in [2.05, 4.69) is 10.1 Å². The minimum absolute atomic E-state index is 0.633. The zero-order valence-electron chi connectivity index (χ0n) is 15.6. The van der Waals surface area contributed by atoms with E-state index in [0.29, 0.717) is 6.61 Å². The summed E-state index contributed by atoms with van der Waals surface area (Å²) >= 11 is 6.00. The quantitative estimate of drug-likeness (QED) is 0.632. The number of ether oxygens (including phenoxy) is 2. The zero-order chi connectivity index (χ0) is 19.0. The van der Waals surface area contributed by atoms with Crippen molar-refractivity contribution in [2.24, 2.45) is 0 Å². The lowest BCUT2D eigenvalue weighted by atomic mass is 10.0. The number of benzene rings is 2. The fourth-order valence-corrected chi connectivity index (χ4v) is 3.63. The highest BCUT2D eigenvalue weighted by Crippen LogP contribution is 2.44. The number of aromatic nitrogens is 1. The smallest absolute Gasteiger partial charge is 0.143 e. The molecule has 0 bridgehead atoms. The van der Waals surface area contributed by atoms with Crippen molar-refractivity contribution in [1.82, 2.24) is 5.16 Å². The van der Waals surface area contributed by atoms with Crippen LogP contribution in [0.1, 0.15) is 17.0 Å². The van der Waals surface area contributed by atoms with Gasteiger partial charge in [0.25, 0.3) is 0 Å². The number of halogens is 1. The molecule has 0 fully saturated rings. The van der Waals surface area contributed by atoms with E-state index in [0.717, 1.165) is 57.9 Å². The third kappa shape index (κ3) is 3.35. The molecule has 0 saturated carbocycles. The van der Waals surface area contributed by atoms with E-state index in [1.807, 2.05) is 50.2 Å². The van der Waals surface area contributed by atoms with Gasteiger partial charge in [0.15, 0.2) is 0 Å². The molecule has 2 aromatic carbocycles. The van der Waals surface area contributed by atoms with Crippen molar-refractivity contribution < 1.29 is 14.0 Å². The Kier molecular flexibility index (Phi) is 4.70. The van der Waals surface area contributed by atoms with Gasteiger partial charge in [-0.1, -0.05) is 28.9 Å². The van der Waals surface area contributed by atoms with Gasteiger partial charge in [0, 0.05) is 23.2 Å². The van der Waals surface area contributed by atoms with Crippen molar-refractivity contribution in [3.8, 4) is 22.6 Å². The number of hydrogen-bond acceptors (Lipinski definition) is 5. The monoisotopic (exact) mass is 384 g/mol. The van der Waals surface area contributed by atoms with Gasteiger partial charge in [-0.3, -0.25) is 0 Å². The van der Waals surface area contributed by atoms with Crippen LogP contribution in [0.15, 0.2) is 40.9 Å². The molecule has 1 aliphatic heterocycles. The average Bonchev–Trinajstić information content (AvgIpc) is 3.01. The van der Waals surface area contributed by atoms with Gasteiger partial charge in [-0.2, -0.15) is 0 Å². The van der Waals surface area contributed by atoms with Crippen LogP contribution in [0.2, 0.25) is 5.02 Å². The minimum atomic E-state index is 0.633. The molecule has 0 amide bonds. The molecule has 140 valence electrons. The lowest BCUT2D eigenvalue weighted by Gasteiger charge is -2.32. The molecular weight excluding hydrogens is 364 g/mol. The summed E-state index contributed by atoms with van der Waals surface area (Å²) in [7, 11) is 1.68. The Balaban J connectivity index is 1.74. The van der Waals surface area contributed by atoms with Gasteiger partial charge < -0.3 is 18.9 Å². The van der Waals surface area contributed by atoms with E-state index >= 15 is 0 Å². The van der Waals surface area contributed by atoms with E-state index in [1.54, 1.807) is 7.11 Å². The molecule has 6 heteroatoms. The maximum absolute atomic E-state index is 6.00. The number of hydrogen-bond donors (Lipinski definition) is 0. The highest BCUT2D eigenvalue weighted by molar-refractivity contribution is 6.30. The highest BCUT2D eigenvalue weighted by atomic mass is 35.5. The maximum atomic E-state index is 6.00. The van der Waals surface area contributed by atoms with E-state index in [-0.39, 0.29) is 0 Å². The number of rotatable bonds is 4. The Morgan fingerprint density at radius 2 is 1.96 bits per heavy atom. The van der Waals surface area contributed by atoms with Crippen molar-refractivity contribution in [3.05, 3.63) is 58.4 Å². The first kappa shape index (κ1) is 17.7. The van der Waals surface area contributed by atoms with Crippen LogP contribution < -0.4 is 14.4 Å². The molecule has 5 nitrogen and oxygen atoms in total. The molecule has 4 rings (SSSR count). The van der Waals surface area contributed by atoms with Crippen LogP contribution in [-0.2, 0) is 6.54 Å². The summed E-state index contributed by atoms with van der Waals surface area (Å²) in [6.07, 6.45) is 0. The van der Waals surface area contributed by atoms with Crippen LogP contribution >= 0.6 is 11.6 Å². The number of anilines is 1. The Labute approximate surface area is 163 Å². The van der Waals surface area contributed by atoms with Crippen LogP contribution in [-0.4, -0.2) is 25.4 Å². The predicted molar refractivity (Wildman–Crippen MR) is 106 cm³/mol. The van der Waals surface area contributed by atoms with Crippen LogP contribution in [0.3, 0.4) is 0 Å². The molecule has 0 N–H and O–H groups in total. The van der Waals surface area contributed by atoms with Gasteiger partial charge >= 0.3 is 0 Å². The van der Waals surface area contributed by atoms with Gasteiger partial charge in [-0.05, 0) is 37.6 Å². The summed E-state index contributed by atoms with van der Waals surface area (Å²) < 4.78 is 17.0. The van der Waals surface area contributed by atoms with Crippen LogP contribution in [0.4, 0.5) is 5.69 Å². The molecule has 1 aliphatic rings. The van der Waals surface area contributed by atoms with Crippen LogP contribution in [0.5, 0.6) is 11.5 Å². The first-order valence-electron chi connectivity index (χ1n) is 8.84. The third-order valence-electron chi connectivity index (χ3n) is 4.83. The molecule has 27 heavy (non-hydrogen) atoms. The van der Waals surface area contributed by atoms with Crippen molar-refractivity contribution in [2.45, 2.75) is 20.4 Å². The Bertz CT molecular complexity index is 947. The van der Waals surface area contributed by atoms with Gasteiger partial charge in [0.05, 0.1) is 30.6 Å². The second kappa shape index (κ2) is 7.16. The number of aryl methyl sites for hydroxylation is 2. The second-order valence-corrected chi connectivity index (χ2v) is 7.05. The Morgan fingerprint density at radius 1 is 1.19 bits per heavy atom. The standard InChI is InChI=1S/C21H21ClN2O3/c1-13-21(14(2)27-23-13)17-10-20-18(11-19(17)25-3)24(8-9-26-20)12-15-4-6-16(22)7-5-15/h4-7,10-11H,8-9,12H2,1-3H3. The van der Waals surface area contributed by atoms with Crippen LogP contribution in [0.25, 0.3) is 11.1 Å². The first-order chi connectivity index (χ1) is 13.1. The normalized spacial score (nSPS) is 13.3. The topological polar surface area (TPSA) is 47.7 Å². The van der Waals surface area contributed by atoms with Crippen molar-refractivity contribution in [1.29, 1.82) is 0 Å². The summed E-state index contributed by atoms with van der Waals surface area (Å²) in [6, 6.07) is 12.0. The molecule has 0 saturated heterocycles. The van der Waals surface area contributed by atoms with E-state index in [9.17, 15) is 0 Å². The number of nitrogens with zero attached hydrogens (tertiary/aromatic N) is 2. The lowest BCUT2D eigenvalue weighted by molar-refractivity contribution is 0.306. The molecule has 1 aromatic heterocycles. The van der Waals surface area contributed by atoms with Crippen molar-refractivity contribution in [3.63, 3.8) is 0 Å². The molecule has 0 spiro atoms. The number of fused-ring (bicyclic) bond motifs is 1. The summed E-state index contributed by atoms with van der Waals surface area (Å²) in [4.78, 5) is 2.29. The van der Waals surface area contributed by atoms with E-state index in [1.165, 1.54) is 5.56 Å².